The van der Waals surface area contributed by atoms with Crippen molar-refractivity contribution in [3.8, 4) is 0 Å². The standard InChI is InChI=1S/C24H29N5O2/c1-15(2)22-14-29(23-26-11-19(12-27-23)17-5-6-17)24(31)28(22)13-21(30)10-20-9-18(7-8-25-20)16-3-4-16/h7-9,11-12,15-17,22H,3-6,10,13-14H2,1-2H3/t22-/m1/s1. The molecule has 2 aliphatic carbocycles. The maximum Gasteiger partial charge on any atom is 0.327 e. The highest BCUT2D eigenvalue weighted by molar-refractivity contribution is 5.96. The fourth-order valence-electron chi connectivity index (χ4n) is 4.39. The number of hydrogen-bond donors (Lipinski definition) is 0. The van der Waals surface area contributed by atoms with Crippen molar-refractivity contribution in [2.45, 2.75) is 63.8 Å². The first-order chi connectivity index (χ1) is 15.0. The van der Waals surface area contributed by atoms with Gasteiger partial charge in [-0.1, -0.05) is 13.8 Å². The molecule has 3 aliphatic rings. The van der Waals surface area contributed by atoms with Crippen LogP contribution in [0.3, 0.4) is 0 Å². The molecule has 7 nitrogen and oxygen atoms in total. The number of urea groups is 1. The summed E-state index contributed by atoms with van der Waals surface area (Å²) in [5.41, 5.74) is 3.20. The summed E-state index contributed by atoms with van der Waals surface area (Å²) in [7, 11) is 0. The Hall–Kier alpha value is -2.83. The normalized spacial score (nSPS) is 21.3. The van der Waals surface area contributed by atoms with Crippen molar-refractivity contribution < 1.29 is 9.59 Å². The number of pyridine rings is 1. The second-order valence-electron chi connectivity index (χ2n) is 9.49. The minimum Gasteiger partial charge on any atom is -0.312 e. The van der Waals surface area contributed by atoms with Crippen LogP contribution in [-0.4, -0.2) is 50.8 Å². The molecular weight excluding hydrogens is 390 g/mol. The van der Waals surface area contributed by atoms with Crippen molar-refractivity contribution in [3.63, 3.8) is 0 Å². The first-order valence-electron chi connectivity index (χ1n) is 11.4. The Bertz CT molecular complexity index is 982. The van der Waals surface area contributed by atoms with E-state index in [4.69, 9.17) is 0 Å². The van der Waals surface area contributed by atoms with Crippen molar-refractivity contribution in [1.82, 2.24) is 19.9 Å². The highest BCUT2D eigenvalue weighted by Gasteiger charge is 2.41. The van der Waals surface area contributed by atoms with Gasteiger partial charge in [0.25, 0.3) is 0 Å². The molecule has 3 fully saturated rings. The van der Waals surface area contributed by atoms with Crippen LogP contribution in [0.2, 0.25) is 0 Å². The van der Waals surface area contributed by atoms with Gasteiger partial charge in [-0.3, -0.25) is 14.7 Å². The largest absolute Gasteiger partial charge is 0.327 e. The monoisotopic (exact) mass is 419 g/mol. The lowest BCUT2D eigenvalue weighted by molar-refractivity contribution is -0.119. The van der Waals surface area contributed by atoms with Crippen LogP contribution in [0.1, 0.15) is 68.2 Å². The predicted octanol–water partition coefficient (Wildman–Crippen LogP) is 3.70. The number of carbonyl (C=O) groups is 2. The molecule has 0 N–H and O–H groups in total. The summed E-state index contributed by atoms with van der Waals surface area (Å²) >= 11 is 0. The summed E-state index contributed by atoms with van der Waals surface area (Å²) in [4.78, 5) is 42.6. The van der Waals surface area contributed by atoms with Crippen LogP contribution in [-0.2, 0) is 11.2 Å². The number of aromatic nitrogens is 3. The lowest BCUT2D eigenvalue weighted by atomic mass is 10.0. The summed E-state index contributed by atoms with van der Waals surface area (Å²) in [6.45, 7) is 4.75. The first kappa shape index (κ1) is 20.1. The number of hydrogen-bond acceptors (Lipinski definition) is 5. The second kappa shape index (κ2) is 8.02. The molecule has 0 bridgehead atoms. The van der Waals surface area contributed by atoms with Crippen LogP contribution < -0.4 is 4.90 Å². The van der Waals surface area contributed by atoms with Gasteiger partial charge in [0.1, 0.15) is 0 Å². The Balaban J connectivity index is 1.28. The zero-order chi connectivity index (χ0) is 21.5. The van der Waals surface area contributed by atoms with E-state index >= 15 is 0 Å². The van der Waals surface area contributed by atoms with E-state index < -0.39 is 0 Å². The lowest BCUT2D eigenvalue weighted by Gasteiger charge is -2.25. The molecule has 5 rings (SSSR count). The number of rotatable bonds is 8. The van der Waals surface area contributed by atoms with E-state index in [2.05, 4.69) is 28.8 Å². The molecule has 1 atom stereocenters. The number of carbonyl (C=O) groups excluding carboxylic acids is 2. The quantitative estimate of drug-likeness (QED) is 0.652. The smallest absolute Gasteiger partial charge is 0.312 e. The molecule has 0 unspecified atom stereocenters. The Morgan fingerprint density at radius 2 is 1.74 bits per heavy atom. The number of amides is 2. The zero-order valence-corrected chi connectivity index (χ0v) is 18.2. The molecule has 0 spiro atoms. The Kier molecular flexibility index (Phi) is 5.20. The maximum atomic E-state index is 13.2. The van der Waals surface area contributed by atoms with Crippen LogP contribution in [0.5, 0.6) is 0 Å². The van der Waals surface area contributed by atoms with Gasteiger partial charge < -0.3 is 4.90 Å². The van der Waals surface area contributed by atoms with Gasteiger partial charge >= 0.3 is 6.03 Å². The van der Waals surface area contributed by atoms with E-state index in [-0.39, 0.29) is 36.7 Å². The summed E-state index contributed by atoms with van der Waals surface area (Å²) in [5.74, 6) is 1.86. The molecule has 0 aromatic carbocycles. The highest BCUT2D eigenvalue weighted by atomic mass is 16.2. The van der Waals surface area contributed by atoms with Gasteiger partial charge in [0.2, 0.25) is 5.95 Å². The fraction of sp³-hybridized carbons (Fsp3) is 0.542. The van der Waals surface area contributed by atoms with Gasteiger partial charge in [-0.2, -0.15) is 0 Å². The zero-order valence-electron chi connectivity index (χ0n) is 18.2. The topological polar surface area (TPSA) is 79.3 Å². The van der Waals surface area contributed by atoms with E-state index in [1.807, 2.05) is 24.5 Å². The number of Topliss-reactive ketones (excluding diaryl/α,β-unsaturated/α-hetero) is 1. The van der Waals surface area contributed by atoms with Gasteiger partial charge in [0.05, 0.1) is 25.6 Å². The molecule has 3 heterocycles. The summed E-state index contributed by atoms with van der Waals surface area (Å²) in [6.07, 6.45) is 10.5. The van der Waals surface area contributed by atoms with Crippen molar-refractivity contribution >= 4 is 17.8 Å². The molecule has 1 aliphatic heterocycles. The van der Waals surface area contributed by atoms with Gasteiger partial charge in [-0.25, -0.2) is 14.8 Å². The third-order valence-electron chi connectivity index (χ3n) is 6.58. The Morgan fingerprint density at radius 1 is 1.06 bits per heavy atom. The number of nitrogens with zero attached hydrogens (tertiary/aromatic N) is 5. The van der Waals surface area contributed by atoms with Gasteiger partial charge in [0, 0.05) is 24.3 Å². The van der Waals surface area contributed by atoms with Gasteiger partial charge in [-0.05, 0) is 66.7 Å². The SMILES string of the molecule is CC(C)[C@H]1CN(c2ncc(C3CC3)cn2)C(=O)N1CC(=O)Cc1cc(C2CC2)ccn1. The molecule has 2 amide bonds. The maximum absolute atomic E-state index is 13.2. The van der Waals surface area contributed by atoms with Gasteiger partial charge in [-0.15, -0.1) is 0 Å². The third kappa shape index (κ3) is 4.31. The van der Waals surface area contributed by atoms with Crippen LogP contribution in [0.25, 0.3) is 0 Å². The molecule has 2 saturated carbocycles. The van der Waals surface area contributed by atoms with E-state index in [0.717, 1.165) is 11.3 Å². The third-order valence-corrected chi connectivity index (χ3v) is 6.58. The molecule has 7 heteroatoms. The van der Waals surface area contributed by atoms with Crippen molar-refractivity contribution in [2.24, 2.45) is 5.92 Å². The Labute approximate surface area is 182 Å². The van der Waals surface area contributed by atoms with Crippen molar-refractivity contribution in [2.75, 3.05) is 18.0 Å². The van der Waals surface area contributed by atoms with Crippen LogP contribution in [0.4, 0.5) is 10.7 Å². The molecule has 0 radical (unpaired) electrons. The van der Waals surface area contributed by atoms with Crippen LogP contribution >= 0.6 is 0 Å². The molecular formula is C24H29N5O2. The fourth-order valence-corrected chi connectivity index (χ4v) is 4.39. The molecule has 31 heavy (non-hydrogen) atoms. The highest BCUT2D eigenvalue weighted by Crippen LogP contribution is 2.40. The minimum absolute atomic E-state index is 0.00583. The van der Waals surface area contributed by atoms with Gasteiger partial charge in [0.15, 0.2) is 5.78 Å². The van der Waals surface area contributed by atoms with E-state index in [0.29, 0.717) is 24.3 Å². The van der Waals surface area contributed by atoms with Crippen LogP contribution in [0.15, 0.2) is 30.7 Å². The van der Waals surface area contributed by atoms with E-state index in [9.17, 15) is 9.59 Å². The minimum atomic E-state index is -0.189. The summed E-state index contributed by atoms with van der Waals surface area (Å²) in [6, 6.07) is 3.85. The number of anilines is 1. The average Bonchev–Trinajstić information content (AvgIpc) is 3.67. The van der Waals surface area contributed by atoms with Crippen LogP contribution in [0, 0.1) is 5.92 Å². The second-order valence-corrected chi connectivity index (χ2v) is 9.49. The molecule has 162 valence electrons. The summed E-state index contributed by atoms with van der Waals surface area (Å²) in [5, 5.41) is 0. The number of ketones is 1. The first-order valence-corrected chi connectivity index (χ1v) is 11.4. The predicted molar refractivity (Wildman–Crippen MR) is 117 cm³/mol. The molecule has 1 saturated heterocycles. The van der Waals surface area contributed by atoms with Crippen molar-refractivity contribution in [3.05, 3.63) is 47.5 Å². The van der Waals surface area contributed by atoms with E-state index in [1.165, 1.54) is 31.2 Å². The lowest BCUT2D eigenvalue weighted by Crippen LogP contribution is -2.41. The van der Waals surface area contributed by atoms with E-state index in [1.54, 1.807) is 16.0 Å². The molecule has 2 aromatic heterocycles. The summed E-state index contributed by atoms with van der Waals surface area (Å²) < 4.78 is 0. The van der Waals surface area contributed by atoms with Crippen molar-refractivity contribution in [1.29, 1.82) is 0 Å². The Morgan fingerprint density at radius 3 is 2.39 bits per heavy atom. The average molecular weight is 420 g/mol. The molecule has 2 aromatic rings.